The number of hydrogen-bond donors (Lipinski definition) is 0. The first-order valence-electron chi connectivity index (χ1n) is 36.2. The van der Waals surface area contributed by atoms with E-state index in [4.69, 9.17) is 39.7 Å². The highest BCUT2D eigenvalue weighted by Gasteiger charge is 2.55. The Morgan fingerprint density at radius 1 is 0.292 bits per heavy atom. The van der Waals surface area contributed by atoms with Crippen molar-refractivity contribution in [1.82, 2.24) is 19.9 Å². The van der Waals surface area contributed by atoms with Crippen molar-refractivity contribution in [3.63, 3.8) is 0 Å². The SMILES string of the molecule is CC1(C)OB(c2cccc3c2oc2cc4c(cc23)-c2ccccc2C42c3ccccc3-c3ccccc32)OC1(C)C.Clc1nc(-c2ccccc2)c2ccccc2n1.[HH].c1ccc(-c2nc(-c3cccc4c3oc3cc5c(cc34)-c3ccccc3C53c4ccccc4-c4ccccc43)nc3ccccc23)cc1. The van der Waals surface area contributed by atoms with Crippen molar-refractivity contribution in [1.29, 1.82) is 0 Å². The van der Waals surface area contributed by atoms with E-state index in [1.54, 1.807) is 0 Å². The number of aromatic nitrogens is 4. The number of benzene rings is 14. The molecular formula is C96H66BClN4O4. The molecule has 18 aromatic rings. The molecule has 0 atom stereocenters. The average molecular weight is 1390 g/mol. The van der Waals surface area contributed by atoms with Gasteiger partial charge in [-0.2, -0.15) is 0 Å². The summed E-state index contributed by atoms with van der Waals surface area (Å²) in [6.07, 6.45) is 0. The first kappa shape index (κ1) is 62.2. The molecule has 106 heavy (non-hydrogen) atoms. The number of fused-ring (bicyclic) bond motifs is 28. The molecule has 0 bridgehead atoms. The maximum Gasteiger partial charge on any atom is 0.498 e. The van der Waals surface area contributed by atoms with Crippen LogP contribution in [0.3, 0.4) is 0 Å². The Morgan fingerprint density at radius 2 is 0.642 bits per heavy atom. The van der Waals surface area contributed by atoms with Crippen molar-refractivity contribution in [2.75, 3.05) is 0 Å². The molecule has 8 nitrogen and oxygen atoms in total. The molecule has 0 amide bonds. The monoisotopic (exact) mass is 1380 g/mol. The Bertz CT molecular complexity index is 6620. The molecule has 0 unspecified atom stereocenters. The second-order valence-corrected chi connectivity index (χ2v) is 29.6. The summed E-state index contributed by atoms with van der Waals surface area (Å²) in [5, 5.41) is 6.69. The molecule has 5 heterocycles. The Balaban J connectivity index is 0.000000116. The van der Waals surface area contributed by atoms with Gasteiger partial charge >= 0.3 is 7.12 Å². The molecule has 14 aromatic carbocycles. The molecule has 1 fully saturated rings. The minimum Gasteiger partial charge on any atom is -0.456 e. The van der Waals surface area contributed by atoms with Crippen LogP contribution in [0.4, 0.5) is 0 Å². The average Bonchev–Trinajstić information content (AvgIpc) is 1.51. The van der Waals surface area contributed by atoms with Gasteiger partial charge in [-0.05, 0) is 171 Å². The van der Waals surface area contributed by atoms with Gasteiger partial charge < -0.3 is 18.1 Å². The molecule has 1 aliphatic heterocycles. The van der Waals surface area contributed by atoms with E-state index < -0.39 is 23.7 Å². The van der Waals surface area contributed by atoms with Crippen LogP contribution in [0.15, 0.2) is 324 Å². The van der Waals surface area contributed by atoms with E-state index >= 15 is 0 Å². The minimum atomic E-state index is -0.489. The second kappa shape index (κ2) is 23.3. The van der Waals surface area contributed by atoms with Crippen LogP contribution in [0.25, 0.3) is 144 Å². The van der Waals surface area contributed by atoms with Crippen molar-refractivity contribution in [3.8, 4) is 78.4 Å². The normalized spacial score (nSPS) is 15.0. The van der Waals surface area contributed by atoms with E-state index in [1.807, 2.05) is 72.8 Å². The van der Waals surface area contributed by atoms with Crippen LogP contribution in [-0.4, -0.2) is 38.3 Å². The lowest BCUT2D eigenvalue weighted by atomic mass is 9.70. The highest BCUT2D eigenvalue weighted by atomic mass is 35.5. The van der Waals surface area contributed by atoms with Crippen LogP contribution >= 0.6 is 11.6 Å². The first-order valence-corrected chi connectivity index (χ1v) is 36.6. The van der Waals surface area contributed by atoms with Crippen LogP contribution in [-0.2, 0) is 20.1 Å². The molecule has 23 rings (SSSR count). The lowest BCUT2D eigenvalue weighted by molar-refractivity contribution is 0.00578. The van der Waals surface area contributed by atoms with Gasteiger partial charge in [0.2, 0.25) is 5.28 Å². The number of furan rings is 2. The predicted octanol–water partition coefficient (Wildman–Crippen LogP) is 23.6. The predicted molar refractivity (Wildman–Crippen MR) is 432 cm³/mol. The lowest BCUT2D eigenvalue weighted by Gasteiger charge is -2.32. The van der Waals surface area contributed by atoms with Crippen LogP contribution in [0.2, 0.25) is 5.28 Å². The van der Waals surface area contributed by atoms with E-state index in [1.165, 1.54) is 89.0 Å². The quantitative estimate of drug-likeness (QED) is 0.127. The molecule has 4 aliphatic carbocycles. The fraction of sp³-hybridized carbons (Fsp3) is 0.0833. The molecular weight excluding hydrogens is 1320 g/mol. The van der Waals surface area contributed by atoms with Crippen molar-refractivity contribution in [3.05, 3.63) is 365 Å². The van der Waals surface area contributed by atoms with E-state index in [2.05, 4.69) is 280 Å². The van der Waals surface area contributed by atoms with Crippen molar-refractivity contribution >= 4 is 89.9 Å². The topological polar surface area (TPSA) is 96.3 Å². The third-order valence-corrected chi connectivity index (χ3v) is 23.5. The van der Waals surface area contributed by atoms with Crippen LogP contribution < -0.4 is 5.46 Å². The van der Waals surface area contributed by atoms with Gasteiger partial charge in [0, 0.05) is 50.3 Å². The highest BCUT2D eigenvalue weighted by molar-refractivity contribution is 6.65. The van der Waals surface area contributed by atoms with Gasteiger partial charge in [0.1, 0.15) is 22.3 Å². The van der Waals surface area contributed by atoms with E-state index in [0.717, 1.165) is 99.2 Å². The maximum absolute atomic E-state index is 6.92. The zero-order valence-electron chi connectivity index (χ0n) is 58.4. The van der Waals surface area contributed by atoms with Crippen LogP contribution in [0, 0.1) is 0 Å². The number of nitrogens with zero attached hydrogens (tertiary/aromatic N) is 4. The third-order valence-electron chi connectivity index (χ3n) is 23.3. The summed E-state index contributed by atoms with van der Waals surface area (Å²) in [6, 6.07) is 112. The summed E-state index contributed by atoms with van der Waals surface area (Å²) >= 11 is 5.95. The van der Waals surface area contributed by atoms with Crippen molar-refractivity contribution < 1.29 is 19.6 Å². The number of hydrogen-bond acceptors (Lipinski definition) is 8. The van der Waals surface area contributed by atoms with Gasteiger partial charge in [-0.1, -0.05) is 273 Å². The fourth-order valence-electron chi connectivity index (χ4n) is 18.0. The molecule has 1 saturated heterocycles. The van der Waals surface area contributed by atoms with Crippen molar-refractivity contribution in [2.24, 2.45) is 0 Å². The highest BCUT2D eigenvalue weighted by Crippen LogP contribution is 2.65. The zero-order valence-corrected chi connectivity index (χ0v) is 59.2. The van der Waals surface area contributed by atoms with Gasteiger partial charge in [0.15, 0.2) is 5.82 Å². The molecule has 4 aromatic heterocycles. The Morgan fingerprint density at radius 3 is 1.10 bits per heavy atom. The van der Waals surface area contributed by atoms with E-state index in [-0.39, 0.29) is 12.1 Å². The minimum absolute atomic E-state index is 0. The molecule has 2 spiro atoms. The van der Waals surface area contributed by atoms with Gasteiger partial charge in [-0.15, -0.1) is 0 Å². The van der Waals surface area contributed by atoms with Gasteiger partial charge in [-0.25, -0.2) is 19.9 Å². The van der Waals surface area contributed by atoms with Gasteiger partial charge in [-0.3, -0.25) is 0 Å². The van der Waals surface area contributed by atoms with E-state index in [0.29, 0.717) is 5.82 Å². The summed E-state index contributed by atoms with van der Waals surface area (Å²) < 4.78 is 26.6. The maximum atomic E-state index is 6.92. The molecule has 504 valence electrons. The van der Waals surface area contributed by atoms with Crippen LogP contribution in [0.1, 0.15) is 73.6 Å². The standard InChI is InChI=1S/C45H26N2O.C37H29BO3.C14H9ClN2.H2/c1-2-13-27(14-3-1)42-32-18-7-11-24-40(32)46-44(47-42)33-20-12-19-31-35-25-34-30-17-6-10-23-38(30)45(39(34)26-41(35)48-43(31)33)36-21-8-4-15-28(36)29-16-5-9-22-37(29)45;1-35(2)36(3,4)41-38(40-35)32-19-11-15-25-27-20-26-24-14-7-10-18-30(24)37(31(26)21-33(27)39-34(25)32)28-16-8-5-12-22(28)23-13-6-9-17-29(23)37;15-14-16-12-9-5-4-8-11(12)13(17-14)10-6-2-1-3-7-10;/h1-26H;5-21H,1-4H3;1-9H;1H. The summed E-state index contributed by atoms with van der Waals surface area (Å²) in [7, 11) is -0.489. The van der Waals surface area contributed by atoms with Gasteiger partial charge in [0.25, 0.3) is 0 Å². The largest absolute Gasteiger partial charge is 0.498 e. The second-order valence-electron chi connectivity index (χ2n) is 29.3. The molecule has 0 N–H and O–H groups in total. The Kier molecular flexibility index (Phi) is 13.7. The molecule has 5 aliphatic rings. The summed E-state index contributed by atoms with van der Waals surface area (Å²) in [5.74, 6) is 0.658. The lowest BCUT2D eigenvalue weighted by Crippen LogP contribution is -2.41. The molecule has 10 heteroatoms. The van der Waals surface area contributed by atoms with E-state index in [9.17, 15) is 0 Å². The van der Waals surface area contributed by atoms with Crippen LogP contribution in [0.5, 0.6) is 0 Å². The number of rotatable bonds is 4. The number of para-hydroxylation sites is 4. The zero-order chi connectivity index (χ0) is 70.8. The number of halogens is 1. The van der Waals surface area contributed by atoms with Crippen molar-refractivity contribution in [2.45, 2.75) is 49.7 Å². The smallest absolute Gasteiger partial charge is 0.456 e. The summed E-state index contributed by atoms with van der Waals surface area (Å²) in [6.45, 7) is 8.35. The fourth-order valence-corrected chi connectivity index (χ4v) is 18.2. The summed E-state index contributed by atoms with van der Waals surface area (Å²) in [4.78, 5) is 18.8. The first-order chi connectivity index (χ1) is 52.0. The summed E-state index contributed by atoms with van der Waals surface area (Å²) in [5.41, 5.74) is 30.1. The molecule has 0 radical (unpaired) electrons. The molecule has 0 saturated carbocycles. The third kappa shape index (κ3) is 8.91. The Labute approximate surface area is 618 Å². The van der Waals surface area contributed by atoms with Gasteiger partial charge in [0.05, 0.1) is 50.0 Å². The Hall–Kier alpha value is -12.4.